The van der Waals surface area contributed by atoms with Gasteiger partial charge >= 0.3 is 5.97 Å². The molecule has 2 aliphatic rings. The van der Waals surface area contributed by atoms with Crippen LogP contribution in [0.15, 0.2) is 17.8 Å². The molecule has 1 saturated heterocycles. The lowest BCUT2D eigenvalue weighted by Crippen LogP contribution is -2.41. The summed E-state index contributed by atoms with van der Waals surface area (Å²) in [7, 11) is 1.36. The number of pyridine rings is 1. The summed E-state index contributed by atoms with van der Waals surface area (Å²) in [6, 6.07) is 1.65. The van der Waals surface area contributed by atoms with Crippen molar-refractivity contribution in [2.45, 2.75) is 33.1 Å². The Labute approximate surface area is 136 Å². The average molecular weight is 314 g/mol. The van der Waals surface area contributed by atoms with E-state index in [0.717, 1.165) is 31.5 Å². The van der Waals surface area contributed by atoms with Crippen molar-refractivity contribution < 1.29 is 14.3 Å². The molecule has 23 heavy (non-hydrogen) atoms. The van der Waals surface area contributed by atoms with Gasteiger partial charge in [0, 0.05) is 31.3 Å². The van der Waals surface area contributed by atoms with Crippen molar-refractivity contribution in [2.24, 2.45) is 5.41 Å². The molecule has 1 fully saturated rings. The van der Waals surface area contributed by atoms with Crippen LogP contribution in [0.1, 0.15) is 48.3 Å². The second-order valence-corrected chi connectivity index (χ2v) is 7.02. The quantitative estimate of drug-likeness (QED) is 0.787. The van der Waals surface area contributed by atoms with Crippen molar-refractivity contribution in [2.75, 3.05) is 20.2 Å². The molecule has 0 radical (unpaired) electrons. The molecule has 1 aromatic heterocycles. The lowest BCUT2D eigenvalue weighted by Gasteiger charge is -2.37. The number of hydrogen-bond acceptors (Lipinski definition) is 4. The van der Waals surface area contributed by atoms with Crippen molar-refractivity contribution >= 4 is 18.0 Å². The van der Waals surface area contributed by atoms with Gasteiger partial charge < -0.3 is 9.64 Å². The van der Waals surface area contributed by atoms with Crippen molar-refractivity contribution in [1.82, 2.24) is 9.88 Å². The van der Waals surface area contributed by atoms with Crippen molar-refractivity contribution in [1.29, 1.82) is 0 Å². The summed E-state index contributed by atoms with van der Waals surface area (Å²) < 4.78 is 4.81. The molecule has 0 saturated carbocycles. The summed E-state index contributed by atoms with van der Waals surface area (Å²) in [5.74, 6) is -0.320. The number of carbonyl (C=O) groups is 2. The number of carbonyl (C=O) groups excluding carboxylic acids is 2. The van der Waals surface area contributed by atoms with Crippen LogP contribution in [0, 0.1) is 5.41 Å². The van der Waals surface area contributed by atoms with Crippen LogP contribution in [0.4, 0.5) is 0 Å². The van der Waals surface area contributed by atoms with Crippen LogP contribution >= 0.6 is 0 Å². The van der Waals surface area contributed by atoms with E-state index in [4.69, 9.17) is 4.74 Å². The first-order valence-corrected chi connectivity index (χ1v) is 7.97. The molecule has 0 aromatic carbocycles. The van der Waals surface area contributed by atoms with E-state index in [0.29, 0.717) is 28.7 Å². The Kier molecular flexibility index (Phi) is 3.96. The summed E-state index contributed by atoms with van der Waals surface area (Å²) in [5, 5.41) is 0. The van der Waals surface area contributed by atoms with Crippen LogP contribution in [0.5, 0.6) is 0 Å². The number of rotatable bonds is 2. The number of piperidine rings is 1. The molecule has 5 heteroatoms. The predicted molar refractivity (Wildman–Crippen MR) is 86.9 cm³/mol. The molecule has 1 aliphatic carbocycles. The van der Waals surface area contributed by atoms with Gasteiger partial charge in [0.05, 0.1) is 18.4 Å². The highest BCUT2D eigenvalue weighted by Crippen LogP contribution is 2.32. The zero-order valence-corrected chi connectivity index (χ0v) is 13.9. The first kappa shape index (κ1) is 15.7. The van der Waals surface area contributed by atoms with Crippen molar-refractivity contribution in [3.63, 3.8) is 0 Å². The van der Waals surface area contributed by atoms with E-state index in [1.165, 1.54) is 7.11 Å². The lowest BCUT2D eigenvalue weighted by atomic mass is 9.82. The number of amides is 1. The van der Waals surface area contributed by atoms with Gasteiger partial charge in [-0.2, -0.15) is 0 Å². The monoisotopic (exact) mass is 314 g/mol. The average Bonchev–Trinajstić information content (AvgIpc) is 2.97. The van der Waals surface area contributed by atoms with E-state index < -0.39 is 0 Å². The molecule has 0 N–H and O–H groups in total. The number of ether oxygens (including phenoxy) is 1. The van der Waals surface area contributed by atoms with Crippen molar-refractivity contribution in [3.05, 3.63) is 34.7 Å². The van der Waals surface area contributed by atoms with E-state index in [-0.39, 0.29) is 11.9 Å². The van der Waals surface area contributed by atoms with Crippen LogP contribution in [-0.4, -0.2) is 42.0 Å². The third-order valence-electron chi connectivity index (χ3n) is 4.85. The Morgan fingerprint density at radius 3 is 2.61 bits per heavy atom. The van der Waals surface area contributed by atoms with Crippen LogP contribution in [-0.2, 0) is 16.0 Å². The van der Waals surface area contributed by atoms with Gasteiger partial charge in [0.25, 0.3) is 0 Å². The maximum absolute atomic E-state index is 12.7. The Morgan fingerprint density at radius 2 is 1.96 bits per heavy atom. The second kappa shape index (κ2) is 5.80. The molecule has 0 unspecified atom stereocenters. The molecule has 5 nitrogen and oxygen atoms in total. The number of esters is 1. The normalized spacial score (nSPS) is 19.1. The minimum absolute atomic E-state index is 0.0642. The van der Waals surface area contributed by atoms with Gasteiger partial charge in [-0.1, -0.05) is 13.8 Å². The fourth-order valence-electron chi connectivity index (χ4n) is 3.18. The molecule has 1 aromatic rings. The largest absolute Gasteiger partial charge is 0.465 e. The zero-order valence-electron chi connectivity index (χ0n) is 13.9. The number of aromatic nitrogens is 1. The Hall–Kier alpha value is -2.17. The smallest absolute Gasteiger partial charge is 0.338 e. The van der Waals surface area contributed by atoms with Gasteiger partial charge in [-0.05, 0) is 36.0 Å². The predicted octanol–water partition coefficient (Wildman–Crippen LogP) is 2.46. The van der Waals surface area contributed by atoms with Crippen LogP contribution in [0.25, 0.3) is 6.08 Å². The highest BCUT2D eigenvalue weighted by Gasteiger charge is 2.31. The van der Waals surface area contributed by atoms with E-state index in [9.17, 15) is 9.59 Å². The summed E-state index contributed by atoms with van der Waals surface area (Å²) in [6.07, 6.45) is 5.88. The summed E-state index contributed by atoms with van der Waals surface area (Å²) in [4.78, 5) is 30.8. The molecule has 122 valence electrons. The van der Waals surface area contributed by atoms with E-state index in [2.05, 4.69) is 18.8 Å². The third-order valence-corrected chi connectivity index (χ3v) is 4.85. The van der Waals surface area contributed by atoms with E-state index in [1.54, 1.807) is 12.3 Å². The highest BCUT2D eigenvalue weighted by molar-refractivity contribution is 6.02. The number of likely N-dealkylation sites (tertiary alicyclic amines) is 1. The molecule has 0 bridgehead atoms. The number of methoxy groups -OCH3 is 1. The number of hydrogen-bond donors (Lipinski definition) is 0. The van der Waals surface area contributed by atoms with Gasteiger partial charge in [0.15, 0.2) is 0 Å². The molecule has 0 atom stereocenters. The first-order valence-electron chi connectivity index (χ1n) is 7.97. The number of nitrogens with zero attached hydrogens (tertiary/aromatic N) is 2. The van der Waals surface area contributed by atoms with Crippen LogP contribution < -0.4 is 0 Å². The molecule has 3 rings (SSSR count). The van der Waals surface area contributed by atoms with E-state index >= 15 is 0 Å². The molecule has 1 amide bonds. The maximum atomic E-state index is 12.7. The molecule has 1 aliphatic heterocycles. The molecule has 0 spiro atoms. The molecular weight excluding hydrogens is 292 g/mol. The van der Waals surface area contributed by atoms with Gasteiger partial charge in [0.2, 0.25) is 5.91 Å². The third kappa shape index (κ3) is 3.00. The topological polar surface area (TPSA) is 59.5 Å². The molecule has 2 heterocycles. The van der Waals surface area contributed by atoms with Crippen molar-refractivity contribution in [3.8, 4) is 0 Å². The summed E-state index contributed by atoms with van der Waals surface area (Å²) >= 11 is 0. The second-order valence-electron chi connectivity index (χ2n) is 7.02. The van der Waals surface area contributed by atoms with Crippen LogP contribution in [0.3, 0.4) is 0 Å². The minimum Gasteiger partial charge on any atom is -0.465 e. The fraction of sp³-hybridized carbons (Fsp3) is 0.500. The van der Waals surface area contributed by atoms with Gasteiger partial charge in [0.1, 0.15) is 0 Å². The SMILES string of the molecule is COC(=O)c1ccnc2c1CC(C(=O)N1CCC(C)(C)CC1)=C2. The van der Waals surface area contributed by atoms with Gasteiger partial charge in [-0.15, -0.1) is 0 Å². The molecular formula is C18H22N2O3. The Balaban J connectivity index is 1.77. The number of fused-ring (bicyclic) bond motifs is 1. The minimum atomic E-state index is -0.384. The van der Waals surface area contributed by atoms with Gasteiger partial charge in [-0.3, -0.25) is 9.78 Å². The lowest BCUT2D eigenvalue weighted by molar-refractivity contribution is -0.129. The Morgan fingerprint density at radius 1 is 1.26 bits per heavy atom. The Bertz CT molecular complexity index is 682. The highest BCUT2D eigenvalue weighted by atomic mass is 16.5. The fourth-order valence-corrected chi connectivity index (χ4v) is 3.18. The summed E-state index contributed by atoms with van der Waals surface area (Å²) in [6.45, 7) is 6.06. The maximum Gasteiger partial charge on any atom is 0.338 e. The summed E-state index contributed by atoms with van der Waals surface area (Å²) in [5.41, 5.74) is 3.01. The van der Waals surface area contributed by atoms with Crippen LogP contribution in [0.2, 0.25) is 0 Å². The standard InChI is InChI=1S/C18H22N2O3/c1-18(2)5-8-20(9-6-18)16(21)12-10-14-13(17(22)23-3)4-7-19-15(14)11-12/h4,7,11H,5-6,8-10H2,1-3H3. The van der Waals surface area contributed by atoms with Gasteiger partial charge in [-0.25, -0.2) is 4.79 Å². The van der Waals surface area contributed by atoms with E-state index in [1.807, 2.05) is 11.0 Å². The first-order chi connectivity index (χ1) is 10.9. The zero-order chi connectivity index (χ0) is 16.6.